The number of carbonyl (C=O) groups is 2. The van der Waals surface area contributed by atoms with Crippen LogP contribution in [0.1, 0.15) is 32.9 Å². The number of para-hydroxylation sites is 1. The third-order valence-corrected chi connectivity index (χ3v) is 6.72. The summed E-state index contributed by atoms with van der Waals surface area (Å²) in [5, 5.41) is 13.0. The first-order valence-electron chi connectivity index (χ1n) is 13.4. The number of ketones is 1. The number of aryl methyl sites for hydroxylation is 1. The van der Waals surface area contributed by atoms with Crippen LogP contribution in [0.5, 0.6) is 5.75 Å². The van der Waals surface area contributed by atoms with Crippen LogP contribution in [0.4, 0.5) is 5.69 Å². The summed E-state index contributed by atoms with van der Waals surface area (Å²) in [7, 11) is 0. The minimum Gasteiger partial charge on any atom is -0.493 e. The summed E-state index contributed by atoms with van der Waals surface area (Å²) in [6.07, 6.45) is 0.819. The van der Waals surface area contributed by atoms with Crippen molar-refractivity contribution >= 4 is 17.4 Å². The zero-order chi connectivity index (χ0) is 28.6. The van der Waals surface area contributed by atoms with Crippen molar-refractivity contribution in [3.63, 3.8) is 0 Å². The standard InChI is InChI=1S/C34H30N2O5/c1-23-29(36-33(41-23)26-12-6-3-7-13-26)20-21-40-27-18-16-24(17-19-27)22-31(34(38)39)35-30-15-9-8-14-28(30)32(37)25-10-4-2-5-11-25/h2-19,31,35H,20-22H2,1H3,(H,38,39). The SMILES string of the molecule is Cc1oc(-c2ccccc2)nc1CCOc1ccc(CC(Nc2ccccc2C(=O)c2ccccc2)C(=O)O)cc1. The van der Waals surface area contributed by atoms with E-state index in [1.165, 1.54) is 0 Å². The van der Waals surface area contributed by atoms with Crippen LogP contribution in [-0.2, 0) is 17.6 Å². The number of hydrogen-bond donors (Lipinski definition) is 2. The summed E-state index contributed by atoms with van der Waals surface area (Å²) in [5.74, 6) is 0.858. The lowest BCUT2D eigenvalue weighted by Crippen LogP contribution is -2.32. The lowest BCUT2D eigenvalue weighted by molar-refractivity contribution is -0.137. The number of rotatable bonds is 12. The third kappa shape index (κ3) is 6.89. The molecule has 7 heteroatoms. The van der Waals surface area contributed by atoms with Crippen molar-refractivity contribution in [2.45, 2.75) is 25.8 Å². The smallest absolute Gasteiger partial charge is 0.326 e. The molecule has 0 fully saturated rings. The van der Waals surface area contributed by atoms with Crippen LogP contribution >= 0.6 is 0 Å². The van der Waals surface area contributed by atoms with Gasteiger partial charge in [0.25, 0.3) is 0 Å². The summed E-state index contributed by atoms with van der Waals surface area (Å²) in [4.78, 5) is 29.8. The molecule has 0 radical (unpaired) electrons. The van der Waals surface area contributed by atoms with Gasteiger partial charge < -0.3 is 19.6 Å². The monoisotopic (exact) mass is 546 g/mol. The highest BCUT2D eigenvalue weighted by Crippen LogP contribution is 2.23. The number of aliphatic carboxylic acids is 1. The fraction of sp³-hybridized carbons (Fsp3) is 0.147. The molecule has 0 saturated heterocycles. The molecule has 0 amide bonds. The van der Waals surface area contributed by atoms with Gasteiger partial charge in [-0.1, -0.05) is 72.8 Å². The van der Waals surface area contributed by atoms with Gasteiger partial charge in [0.15, 0.2) is 5.78 Å². The average molecular weight is 547 g/mol. The lowest BCUT2D eigenvalue weighted by atomic mass is 10.00. The van der Waals surface area contributed by atoms with Gasteiger partial charge in [0.1, 0.15) is 17.6 Å². The second-order valence-electron chi connectivity index (χ2n) is 9.61. The fourth-order valence-electron chi connectivity index (χ4n) is 4.53. The molecule has 1 heterocycles. The van der Waals surface area contributed by atoms with E-state index in [1.54, 1.807) is 48.5 Å². The molecule has 0 aliphatic heterocycles. The molecule has 4 aromatic carbocycles. The van der Waals surface area contributed by atoms with Gasteiger partial charge in [0, 0.05) is 35.2 Å². The molecule has 1 unspecified atom stereocenters. The van der Waals surface area contributed by atoms with Gasteiger partial charge in [-0.25, -0.2) is 9.78 Å². The van der Waals surface area contributed by atoms with E-state index in [-0.39, 0.29) is 12.2 Å². The number of carboxylic acids is 1. The summed E-state index contributed by atoms with van der Waals surface area (Å²) < 4.78 is 11.7. The van der Waals surface area contributed by atoms with Crippen molar-refractivity contribution in [2.24, 2.45) is 0 Å². The Morgan fingerprint density at radius 2 is 1.54 bits per heavy atom. The number of aromatic nitrogens is 1. The predicted octanol–water partition coefficient (Wildman–Crippen LogP) is 6.61. The number of hydrogen-bond acceptors (Lipinski definition) is 6. The van der Waals surface area contributed by atoms with Gasteiger partial charge in [-0.05, 0) is 48.9 Å². The average Bonchev–Trinajstić information content (AvgIpc) is 3.38. The maximum absolute atomic E-state index is 13.1. The van der Waals surface area contributed by atoms with Crippen molar-refractivity contribution in [3.05, 3.63) is 137 Å². The maximum atomic E-state index is 13.1. The second-order valence-corrected chi connectivity index (χ2v) is 9.61. The maximum Gasteiger partial charge on any atom is 0.326 e. The van der Waals surface area contributed by atoms with E-state index in [4.69, 9.17) is 9.15 Å². The van der Waals surface area contributed by atoms with Gasteiger partial charge in [0.2, 0.25) is 5.89 Å². The number of nitrogens with zero attached hydrogens (tertiary/aromatic N) is 1. The summed E-state index contributed by atoms with van der Waals surface area (Å²) >= 11 is 0. The fourth-order valence-corrected chi connectivity index (χ4v) is 4.53. The minimum atomic E-state index is -1.01. The molecule has 0 aliphatic carbocycles. The van der Waals surface area contributed by atoms with E-state index in [0.29, 0.717) is 41.5 Å². The molecule has 0 bridgehead atoms. The largest absolute Gasteiger partial charge is 0.493 e. The Hall–Kier alpha value is -5.17. The van der Waals surface area contributed by atoms with E-state index < -0.39 is 12.0 Å². The van der Waals surface area contributed by atoms with Gasteiger partial charge in [0.05, 0.1) is 12.3 Å². The Bertz CT molecular complexity index is 1610. The number of carbonyl (C=O) groups excluding carboxylic acids is 1. The van der Waals surface area contributed by atoms with Crippen LogP contribution in [0, 0.1) is 6.92 Å². The van der Waals surface area contributed by atoms with Crippen molar-refractivity contribution in [1.29, 1.82) is 0 Å². The zero-order valence-corrected chi connectivity index (χ0v) is 22.6. The van der Waals surface area contributed by atoms with Crippen LogP contribution in [-0.4, -0.2) is 34.5 Å². The van der Waals surface area contributed by atoms with Crippen molar-refractivity contribution in [2.75, 3.05) is 11.9 Å². The highest BCUT2D eigenvalue weighted by molar-refractivity contribution is 6.12. The first-order valence-corrected chi connectivity index (χ1v) is 13.4. The molecule has 41 heavy (non-hydrogen) atoms. The lowest BCUT2D eigenvalue weighted by Gasteiger charge is -2.18. The number of carboxylic acid groups (broad SMARTS) is 1. The Labute approximate surface area is 238 Å². The predicted molar refractivity (Wildman–Crippen MR) is 157 cm³/mol. The first kappa shape index (κ1) is 27.4. The topological polar surface area (TPSA) is 102 Å². The van der Waals surface area contributed by atoms with E-state index in [9.17, 15) is 14.7 Å². The van der Waals surface area contributed by atoms with Crippen LogP contribution in [0.2, 0.25) is 0 Å². The molecule has 206 valence electrons. The van der Waals surface area contributed by atoms with Crippen molar-refractivity contribution < 1.29 is 23.8 Å². The molecule has 0 saturated carbocycles. The number of nitrogens with one attached hydrogen (secondary N) is 1. The number of benzene rings is 4. The summed E-state index contributed by atoms with van der Waals surface area (Å²) in [5.41, 5.74) is 4.04. The Morgan fingerprint density at radius 3 is 2.24 bits per heavy atom. The highest BCUT2D eigenvalue weighted by Gasteiger charge is 2.21. The minimum absolute atomic E-state index is 0.170. The van der Waals surface area contributed by atoms with Crippen LogP contribution in [0.3, 0.4) is 0 Å². The molecule has 5 aromatic rings. The van der Waals surface area contributed by atoms with Gasteiger partial charge in [-0.15, -0.1) is 0 Å². The van der Waals surface area contributed by atoms with Crippen LogP contribution in [0.25, 0.3) is 11.5 Å². The van der Waals surface area contributed by atoms with E-state index in [1.807, 2.05) is 67.6 Å². The quantitative estimate of drug-likeness (QED) is 0.170. The Kier molecular flexibility index (Phi) is 8.55. The molecule has 1 aromatic heterocycles. The van der Waals surface area contributed by atoms with Crippen molar-refractivity contribution in [3.8, 4) is 17.2 Å². The Morgan fingerprint density at radius 1 is 0.878 bits per heavy atom. The zero-order valence-electron chi connectivity index (χ0n) is 22.6. The normalized spacial score (nSPS) is 11.5. The van der Waals surface area contributed by atoms with Crippen LogP contribution < -0.4 is 10.1 Å². The summed E-state index contributed by atoms with van der Waals surface area (Å²) in [6, 6.07) is 32.1. The molecule has 2 N–H and O–H groups in total. The first-order chi connectivity index (χ1) is 20.0. The van der Waals surface area contributed by atoms with E-state index in [0.717, 1.165) is 22.6 Å². The van der Waals surface area contributed by atoms with Crippen LogP contribution in [0.15, 0.2) is 114 Å². The van der Waals surface area contributed by atoms with E-state index in [2.05, 4.69) is 10.3 Å². The molecule has 0 aliphatic rings. The second kappa shape index (κ2) is 12.8. The molecular formula is C34H30N2O5. The highest BCUT2D eigenvalue weighted by atomic mass is 16.5. The molecule has 0 spiro atoms. The molecule has 5 rings (SSSR count). The molecule has 1 atom stereocenters. The van der Waals surface area contributed by atoms with E-state index >= 15 is 0 Å². The number of anilines is 1. The number of ether oxygens (including phenoxy) is 1. The van der Waals surface area contributed by atoms with Gasteiger partial charge in [-0.3, -0.25) is 4.79 Å². The number of oxazole rings is 1. The summed E-state index contributed by atoms with van der Waals surface area (Å²) in [6.45, 7) is 2.32. The van der Waals surface area contributed by atoms with Gasteiger partial charge in [-0.2, -0.15) is 0 Å². The molecular weight excluding hydrogens is 516 g/mol. The van der Waals surface area contributed by atoms with Gasteiger partial charge >= 0.3 is 5.97 Å². The van der Waals surface area contributed by atoms with Crippen molar-refractivity contribution in [1.82, 2.24) is 4.98 Å². The third-order valence-electron chi connectivity index (χ3n) is 6.72. The Balaban J connectivity index is 1.19. The molecule has 7 nitrogen and oxygen atoms in total.